The highest BCUT2D eigenvalue weighted by atomic mass is 14.7. The van der Waals surface area contributed by atoms with E-state index in [1.807, 2.05) is 12.3 Å². The summed E-state index contributed by atoms with van der Waals surface area (Å²) in [6, 6.07) is 13.0. The van der Waals surface area contributed by atoms with Gasteiger partial charge >= 0.3 is 0 Å². The van der Waals surface area contributed by atoms with Crippen molar-refractivity contribution in [3.05, 3.63) is 53.7 Å². The van der Waals surface area contributed by atoms with Crippen LogP contribution in [0, 0.1) is 0 Å². The predicted molar refractivity (Wildman–Crippen MR) is 82.5 cm³/mol. The topological polar surface area (TPSA) is 12.9 Å². The Balaban J connectivity index is 2.43. The fourth-order valence-corrected chi connectivity index (χ4v) is 2.25. The second-order valence-electron chi connectivity index (χ2n) is 6.42. The number of pyridine rings is 1. The molecule has 0 unspecified atom stereocenters. The van der Waals surface area contributed by atoms with Gasteiger partial charge in [-0.25, -0.2) is 0 Å². The first-order valence-corrected chi connectivity index (χ1v) is 6.95. The van der Waals surface area contributed by atoms with E-state index in [-0.39, 0.29) is 5.41 Å². The fraction of sp³-hybridized carbons (Fsp3) is 0.389. The molecule has 0 N–H and O–H groups in total. The molecule has 0 bridgehead atoms. The summed E-state index contributed by atoms with van der Waals surface area (Å²) in [5, 5.41) is 0. The van der Waals surface area contributed by atoms with Crippen LogP contribution in [-0.2, 0) is 5.41 Å². The van der Waals surface area contributed by atoms with Crippen molar-refractivity contribution in [3.63, 3.8) is 0 Å². The number of rotatable bonds is 2. The van der Waals surface area contributed by atoms with Crippen molar-refractivity contribution >= 4 is 0 Å². The summed E-state index contributed by atoms with van der Waals surface area (Å²) in [6.07, 6.45) is 1.87. The van der Waals surface area contributed by atoms with E-state index in [4.69, 9.17) is 0 Å². The third kappa shape index (κ3) is 3.04. The molecule has 100 valence electrons. The Hall–Kier alpha value is -1.63. The minimum Gasteiger partial charge on any atom is -0.256 e. The summed E-state index contributed by atoms with van der Waals surface area (Å²) in [6.45, 7) is 11.1. The Labute approximate surface area is 116 Å². The second kappa shape index (κ2) is 5.16. The van der Waals surface area contributed by atoms with Crippen molar-refractivity contribution in [1.29, 1.82) is 0 Å². The lowest BCUT2D eigenvalue weighted by Gasteiger charge is -2.19. The molecule has 0 spiro atoms. The zero-order valence-corrected chi connectivity index (χ0v) is 12.6. The number of aromatic nitrogens is 1. The highest BCUT2D eigenvalue weighted by molar-refractivity contribution is 5.64. The lowest BCUT2D eigenvalue weighted by atomic mass is 9.86. The van der Waals surface area contributed by atoms with Crippen molar-refractivity contribution in [2.45, 2.75) is 46.0 Å². The largest absolute Gasteiger partial charge is 0.256 e. The number of benzene rings is 1. The Morgan fingerprint density at radius 2 is 1.58 bits per heavy atom. The predicted octanol–water partition coefficient (Wildman–Crippen LogP) is 5.17. The van der Waals surface area contributed by atoms with Gasteiger partial charge in [0.25, 0.3) is 0 Å². The van der Waals surface area contributed by atoms with Crippen LogP contribution in [0.1, 0.15) is 51.7 Å². The first kappa shape index (κ1) is 13.8. The molecule has 0 fully saturated rings. The lowest BCUT2D eigenvalue weighted by molar-refractivity contribution is 0.590. The number of hydrogen-bond acceptors (Lipinski definition) is 1. The van der Waals surface area contributed by atoms with E-state index in [1.54, 1.807) is 0 Å². The van der Waals surface area contributed by atoms with Gasteiger partial charge in [-0.2, -0.15) is 0 Å². The van der Waals surface area contributed by atoms with Crippen LogP contribution in [0.4, 0.5) is 0 Å². The third-order valence-electron chi connectivity index (χ3n) is 3.49. The zero-order valence-electron chi connectivity index (χ0n) is 12.6. The van der Waals surface area contributed by atoms with Crippen LogP contribution in [0.2, 0.25) is 0 Å². The lowest BCUT2D eigenvalue weighted by Crippen LogP contribution is -2.10. The maximum absolute atomic E-state index is 4.56. The third-order valence-corrected chi connectivity index (χ3v) is 3.49. The summed E-state index contributed by atoms with van der Waals surface area (Å²) in [5.41, 5.74) is 5.18. The molecule has 1 aromatic heterocycles. The van der Waals surface area contributed by atoms with Gasteiger partial charge in [0.05, 0.1) is 5.69 Å². The smallest absolute Gasteiger partial charge is 0.0736 e. The molecule has 0 aliphatic rings. The van der Waals surface area contributed by atoms with Gasteiger partial charge in [-0.15, -0.1) is 0 Å². The van der Waals surface area contributed by atoms with E-state index in [2.05, 4.69) is 69.9 Å². The van der Waals surface area contributed by atoms with E-state index < -0.39 is 0 Å². The summed E-state index contributed by atoms with van der Waals surface area (Å²) in [4.78, 5) is 4.56. The average Bonchev–Trinajstić information content (AvgIpc) is 2.38. The summed E-state index contributed by atoms with van der Waals surface area (Å²) >= 11 is 0. The van der Waals surface area contributed by atoms with E-state index in [0.717, 1.165) is 5.69 Å². The molecule has 2 aromatic rings. The minimum absolute atomic E-state index is 0.198. The molecule has 2 rings (SSSR count). The summed E-state index contributed by atoms with van der Waals surface area (Å²) in [5.74, 6) is 0.492. The molecule has 0 saturated carbocycles. The molecule has 0 atom stereocenters. The van der Waals surface area contributed by atoms with Crippen LogP contribution in [0.15, 0.2) is 42.6 Å². The van der Waals surface area contributed by atoms with Gasteiger partial charge in [-0.1, -0.05) is 65.0 Å². The highest BCUT2D eigenvalue weighted by Crippen LogP contribution is 2.29. The quantitative estimate of drug-likeness (QED) is 0.719. The van der Waals surface area contributed by atoms with Crippen LogP contribution in [-0.4, -0.2) is 4.98 Å². The first-order valence-electron chi connectivity index (χ1n) is 6.95. The molecular formula is C18H23N. The average molecular weight is 253 g/mol. The number of hydrogen-bond donors (Lipinski definition) is 0. The second-order valence-corrected chi connectivity index (χ2v) is 6.42. The Kier molecular flexibility index (Phi) is 3.75. The van der Waals surface area contributed by atoms with E-state index in [0.29, 0.717) is 5.92 Å². The van der Waals surface area contributed by atoms with Crippen LogP contribution in [0.25, 0.3) is 11.3 Å². The normalized spacial score (nSPS) is 11.9. The molecule has 19 heavy (non-hydrogen) atoms. The summed E-state index contributed by atoms with van der Waals surface area (Å²) in [7, 11) is 0. The maximum atomic E-state index is 4.56. The van der Waals surface area contributed by atoms with Crippen molar-refractivity contribution in [2.75, 3.05) is 0 Å². The van der Waals surface area contributed by atoms with Gasteiger partial charge in [0, 0.05) is 11.8 Å². The van der Waals surface area contributed by atoms with Crippen molar-refractivity contribution in [3.8, 4) is 11.3 Å². The SMILES string of the molecule is CC(C)c1cccnc1-c1ccc(C(C)(C)C)cc1. The molecular weight excluding hydrogens is 230 g/mol. The van der Waals surface area contributed by atoms with Crippen molar-refractivity contribution in [2.24, 2.45) is 0 Å². The minimum atomic E-state index is 0.198. The fourth-order valence-electron chi connectivity index (χ4n) is 2.25. The molecule has 0 aliphatic heterocycles. The monoisotopic (exact) mass is 253 g/mol. The Morgan fingerprint density at radius 3 is 2.11 bits per heavy atom. The van der Waals surface area contributed by atoms with Gasteiger partial charge in [-0.3, -0.25) is 4.98 Å². The molecule has 0 aliphatic carbocycles. The molecule has 1 heterocycles. The van der Waals surface area contributed by atoms with Gasteiger partial charge in [0.2, 0.25) is 0 Å². The van der Waals surface area contributed by atoms with E-state index in [9.17, 15) is 0 Å². The van der Waals surface area contributed by atoms with Crippen molar-refractivity contribution < 1.29 is 0 Å². The van der Waals surface area contributed by atoms with E-state index >= 15 is 0 Å². The van der Waals surface area contributed by atoms with Crippen LogP contribution < -0.4 is 0 Å². The Bertz CT molecular complexity index is 545. The van der Waals surface area contributed by atoms with Gasteiger partial charge in [0.15, 0.2) is 0 Å². The van der Waals surface area contributed by atoms with Gasteiger partial charge < -0.3 is 0 Å². The molecule has 0 radical (unpaired) electrons. The standard InChI is InChI=1S/C18H23N/c1-13(2)16-7-6-12-19-17(16)14-8-10-15(11-9-14)18(3,4)5/h6-13H,1-5H3. The Morgan fingerprint density at radius 1 is 0.947 bits per heavy atom. The summed E-state index contributed by atoms with van der Waals surface area (Å²) < 4.78 is 0. The molecule has 0 amide bonds. The number of nitrogens with zero attached hydrogens (tertiary/aromatic N) is 1. The maximum Gasteiger partial charge on any atom is 0.0736 e. The first-order chi connectivity index (χ1) is 8.89. The van der Waals surface area contributed by atoms with Crippen LogP contribution in [0.5, 0.6) is 0 Å². The molecule has 0 saturated heterocycles. The molecule has 1 aromatic carbocycles. The van der Waals surface area contributed by atoms with Crippen LogP contribution >= 0.6 is 0 Å². The van der Waals surface area contributed by atoms with Crippen molar-refractivity contribution in [1.82, 2.24) is 4.98 Å². The molecule has 1 heteroatoms. The highest BCUT2D eigenvalue weighted by Gasteiger charge is 2.14. The van der Waals surface area contributed by atoms with Crippen LogP contribution in [0.3, 0.4) is 0 Å². The van der Waals surface area contributed by atoms with Gasteiger partial charge in [0.1, 0.15) is 0 Å². The van der Waals surface area contributed by atoms with E-state index in [1.165, 1.54) is 16.7 Å². The molecule has 1 nitrogen and oxygen atoms in total. The zero-order chi connectivity index (χ0) is 14.0. The van der Waals surface area contributed by atoms with Gasteiger partial charge in [-0.05, 0) is 28.5 Å².